The van der Waals surface area contributed by atoms with Crippen LogP contribution in [0, 0.1) is 17.8 Å². The van der Waals surface area contributed by atoms with Gasteiger partial charge in [-0.05, 0) is 76.0 Å². The number of aliphatic hydroxyl groups excluding tert-OH is 8. The minimum atomic E-state index is -1.66. The van der Waals surface area contributed by atoms with Gasteiger partial charge in [-0.15, -0.1) is 0 Å². The smallest absolute Gasteiger partial charge is 0.330 e. The van der Waals surface area contributed by atoms with E-state index in [0.717, 1.165) is 12.8 Å². The molecule has 0 spiro atoms. The Morgan fingerprint density at radius 2 is 1.47 bits per heavy atom. The van der Waals surface area contributed by atoms with Crippen molar-refractivity contribution in [3.63, 3.8) is 0 Å². The Kier molecular flexibility index (Phi) is 11.1. The van der Waals surface area contributed by atoms with E-state index >= 15 is 0 Å². The minimum absolute atomic E-state index is 0.159. The zero-order chi connectivity index (χ0) is 30.8. The van der Waals surface area contributed by atoms with Gasteiger partial charge in [-0.3, -0.25) is 0 Å². The fraction of sp³-hybridized carbons (Fsp3) is 0.900. The molecule has 3 aliphatic carbocycles. The Bertz CT molecular complexity index is 941. The first-order valence-electron chi connectivity index (χ1n) is 15.8. The van der Waals surface area contributed by atoms with Crippen LogP contribution >= 0.6 is 0 Å². The van der Waals surface area contributed by atoms with Gasteiger partial charge in [-0.1, -0.05) is 6.08 Å². The molecule has 13 heteroatoms. The van der Waals surface area contributed by atoms with Crippen LogP contribution in [0.5, 0.6) is 0 Å². The van der Waals surface area contributed by atoms with Gasteiger partial charge in [0.15, 0.2) is 6.29 Å². The predicted octanol–water partition coefficient (Wildman–Crippen LogP) is -1.36. The van der Waals surface area contributed by atoms with Crippen molar-refractivity contribution in [2.24, 2.45) is 17.8 Å². The number of hydrogen-bond donors (Lipinski definition) is 8. The lowest BCUT2D eigenvalue weighted by Crippen LogP contribution is -2.62. The third-order valence-electron chi connectivity index (χ3n) is 10.1. The van der Waals surface area contributed by atoms with Gasteiger partial charge in [0.2, 0.25) is 0 Å². The fourth-order valence-electron chi connectivity index (χ4n) is 7.47. The number of hydrogen-bond acceptors (Lipinski definition) is 13. The second-order valence-electron chi connectivity index (χ2n) is 13.2. The van der Waals surface area contributed by atoms with Crippen molar-refractivity contribution in [3.8, 4) is 0 Å². The summed E-state index contributed by atoms with van der Waals surface area (Å²) < 4.78 is 23.7. The third kappa shape index (κ3) is 7.95. The molecule has 14 atom stereocenters. The van der Waals surface area contributed by atoms with Crippen LogP contribution in [0.15, 0.2) is 12.2 Å². The maximum atomic E-state index is 12.4. The topological polar surface area (TPSA) is 216 Å². The number of esters is 1. The molecule has 0 bridgehead atoms. The van der Waals surface area contributed by atoms with Gasteiger partial charge in [0.25, 0.3) is 0 Å². The van der Waals surface area contributed by atoms with Gasteiger partial charge >= 0.3 is 5.97 Å². The molecular weight excluding hydrogens is 568 g/mol. The van der Waals surface area contributed by atoms with Gasteiger partial charge in [-0.2, -0.15) is 0 Å². The summed E-state index contributed by atoms with van der Waals surface area (Å²) in [7, 11) is 0. The van der Waals surface area contributed by atoms with Gasteiger partial charge in [0.05, 0.1) is 48.8 Å². The number of rotatable bonds is 7. The van der Waals surface area contributed by atoms with Crippen LogP contribution in [0.2, 0.25) is 0 Å². The molecule has 5 fully saturated rings. The number of fused-ring (bicyclic) bond motifs is 1. The van der Waals surface area contributed by atoms with Crippen molar-refractivity contribution in [2.45, 2.75) is 144 Å². The average Bonchev–Trinajstić information content (AvgIpc) is 2.98. The van der Waals surface area contributed by atoms with Crippen LogP contribution in [0.25, 0.3) is 0 Å². The van der Waals surface area contributed by atoms with E-state index in [1.54, 1.807) is 6.08 Å². The summed E-state index contributed by atoms with van der Waals surface area (Å²) in [6.45, 7) is -0.407. The van der Waals surface area contributed by atoms with E-state index < -0.39 is 86.0 Å². The van der Waals surface area contributed by atoms with E-state index in [9.17, 15) is 45.6 Å². The summed E-state index contributed by atoms with van der Waals surface area (Å²) in [6, 6.07) is 0. The average molecular weight is 617 g/mol. The van der Waals surface area contributed by atoms with Crippen molar-refractivity contribution in [3.05, 3.63) is 12.2 Å². The highest BCUT2D eigenvalue weighted by atomic mass is 16.7. The van der Waals surface area contributed by atoms with Crippen LogP contribution < -0.4 is 0 Å². The van der Waals surface area contributed by atoms with Crippen molar-refractivity contribution >= 4 is 5.97 Å². The van der Waals surface area contributed by atoms with Crippen LogP contribution in [0.3, 0.4) is 0 Å². The molecule has 5 rings (SSSR count). The number of carbonyl (C=O) groups is 1. The summed E-state index contributed by atoms with van der Waals surface area (Å²) in [5.41, 5.74) is 0. The molecule has 2 aliphatic heterocycles. The second kappa shape index (κ2) is 14.5. The standard InChI is InChI=1S/C30H48O13/c31-16-5-1-14(2-6-16)3-8-25(36)40-13-24-26(37)27(38)28(39)30(43-24)42-23-12-18-20(34)10-17(32)11-22(18)41-29(23)15-4-7-19(33)21(35)9-15/h3,8,14-24,26-35,37-39H,1-2,4-7,9-13H2/t14?,15?,16?,17?,18?,19?,20?,21?,22?,23?,24-,26-,27+,28-,29?,30-/m1/s1. The highest BCUT2D eigenvalue weighted by Gasteiger charge is 2.52. The van der Waals surface area contributed by atoms with Gasteiger partial charge in [-0.25, -0.2) is 4.79 Å². The van der Waals surface area contributed by atoms with E-state index in [-0.39, 0.29) is 36.7 Å². The zero-order valence-corrected chi connectivity index (χ0v) is 24.3. The summed E-state index contributed by atoms with van der Waals surface area (Å²) in [5, 5.41) is 83.0. The fourth-order valence-corrected chi connectivity index (χ4v) is 7.47. The van der Waals surface area contributed by atoms with Crippen LogP contribution in [0.4, 0.5) is 0 Å². The first-order chi connectivity index (χ1) is 20.5. The Morgan fingerprint density at radius 1 is 0.721 bits per heavy atom. The van der Waals surface area contributed by atoms with Crippen molar-refractivity contribution in [2.75, 3.05) is 6.61 Å². The molecule has 246 valence electrons. The molecule has 0 aromatic heterocycles. The first-order valence-corrected chi connectivity index (χ1v) is 15.8. The van der Waals surface area contributed by atoms with Gasteiger partial charge in [0, 0.05) is 12.0 Å². The number of carbonyl (C=O) groups excluding carboxylic acids is 1. The lowest BCUT2D eigenvalue weighted by Gasteiger charge is -2.51. The summed E-state index contributed by atoms with van der Waals surface area (Å²) >= 11 is 0. The summed E-state index contributed by atoms with van der Waals surface area (Å²) in [4.78, 5) is 12.4. The Hall–Kier alpha value is -1.23. The monoisotopic (exact) mass is 616 g/mol. The highest BCUT2D eigenvalue weighted by Crippen LogP contribution is 2.43. The molecule has 13 nitrogen and oxygen atoms in total. The predicted molar refractivity (Wildman–Crippen MR) is 147 cm³/mol. The maximum Gasteiger partial charge on any atom is 0.330 e. The zero-order valence-electron chi connectivity index (χ0n) is 24.3. The SMILES string of the molecule is O=C(C=CC1CCC(O)CC1)OC[C@H]1O[C@@H](OC2CC3C(O)CC(O)CC3OC2C2CCC(O)C(O)C2)[C@H](O)[C@@H](O)[C@@H]1O. The van der Waals surface area contributed by atoms with E-state index in [1.165, 1.54) is 6.08 Å². The first kappa shape index (κ1) is 33.1. The molecule has 9 unspecified atom stereocenters. The molecule has 2 heterocycles. The molecule has 3 saturated carbocycles. The molecule has 8 N–H and O–H groups in total. The molecular formula is C30H48O13. The largest absolute Gasteiger partial charge is 0.460 e. The number of allylic oxidation sites excluding steroid dienone is 1. The van der Waals surface area contributed by atoms with E-state index in [2.05, 4.69) is 0 Å². The molecule has 0 aromatic rings. The highest BCUT2D eigenvalue weighted by molar-refractivity contribution is 5.81. The van der Waals surface area contributed by atoms with E-state index in [0.29, 0.717) is 38.5 Å². The van der Waals surface area contributed by atoms with Crippen LogP contribution in [-0.2, 0) is 23.7 Å². The van der Waals surface area contributed by atoms with Crippen molar-refractivity contribution in [1.29, 1.82) is 0 Å². The van der Waals surface area contributed by atoms with Gasteiger partial charge < -0.3 is 59.8 Å². The Labute approximate surface area is 251 Å². The molecule has 0 radical (unpaired) electrons. The molecule has 0 amide bonds. The van der Waals surface area contributed by atoms with Crippen LogP contribution in [-0.4, -0.2) is 133 Å². The summed E-state index contributed by atoms with van der Waals surface area (Å²) in [5.74, 6) is -1.09. The third-order valence-corrected chi connectivity index (χ3v) is 10.1. The van der Waals surface area contributed by atoms with Crippen molar-refractivity contribution in [1.82, 2.24) is 0 Å². The Morgan fingerprint density at radius 3 is 2.19 bits per heavy atom. The maximum absolute atomic E-state index is 12.4. The van der Waals surface area contributed by atoms with Crippen molar-refractivity contribution < 1.29 is 64.6 Å². The molecule has 0 aromatic carbocycles. The molecule has 43 heavy (non-hydrogen) atoms. The Balaban J connectivity index is 1.24. The molecule has 5 aliphatic rings. The second-order valence-corrected chi connectivity index (χ2v) is 13.2. The number of ether oxygens (including phenoxy) is 4. The van der Waals surface area contributed by atoms with Gasteiger partial charge in [0.1, 0.15) is 31.0 Å². The lowest BCUT2D eigenvalue weighted by atomic mass is 9.72. The van der Waals surface area contributed by atoms with E-state index in [1.807, 2.05) is 0 Å². The summed E-state index contributed by atoms with van der Waals surface area (Å²) in [6.07, 6.45) is -5.10. The minimum Gasteiger partial charge on any atom is -0.460 e. The number of aliphatic hydroxyl groups is 8. The quantitative estimate of drug-likeness (QED) is 0.123. The van der Waals surface area contributed by atoms with Crippen LogP contribution in [0.1, 0.15) is 64.2 Å². The lowest BCUT2D eigenvalue weighted by molar-refractivity contribution is -0.333. The molecule has 2 saturated heterocycles. The normalized spacial score (nSPS) is 49.4. The van der Waals surface area contributed by atoms with E-state index in [4.69, 9.17) is 18.9 Å².